The molecule has 0 aromatic carbocycles. The van der Waals surface area contributed by atoms with Crippen LogP contribution in [-0.2, 0) is 4.74 Å². The Kier molecular flexibility index (Phi) is 5.31. The fourth-order valence-electron chi connectivity index (χ4n) is 9.46. The van der Waals surface area contributed by atoms with Gasteiger partial charge in [0.1, 0.15) is 0 Å². The highest BCUT2D eigenvalue weighted by Crippen LogP contribution is 2.71. The number of hydrogen-bond donors (Lipinski definition) is 1. The van der Waals surface area contributed by atoms with Gasteiger partial charge in [0.2, 0.25) is 0 Å². The summed E-state index contributed by atoms with van der Waals surface area (Å²) in [5.74, 6) is 3.53. The molecule has 8 unspecified atom stereocenters. The van der Waals surface area contributed by atoms with Crippen molar-refractivity contribution in [2.45, 2.75) is 117 Å². The van der Waals surface area contributed by atoms with E-state index in [1.807, 2.05) is 0 Å². The molecular weight excluding hydrogens is 380 g/mol. The van der Waals surface area contributed by atoms with E-state index in [0.29, 0.717) is 29.5 Å². The first-order valence-corrected chi connectivity index (χ1v) is 13.5. The van der Waals surface area contributed by atoms with E-state index in [-0.39, 0.29) is 11.0 Å². The molecule has 5 rings (SSSR count). The van der Waals surface area contributed by atoms with Crippen molar-refractivity contribution in [3.63, 3.8) is 0 Å². The Hall–Kier alpha value is -0.340. The van der Waals surface area contributed by atoms with Crippen molar-refractivity contribution >= 4 is 0 Å². The maximum absolute atomic E-state index is 10.5. The minimum atomic E-state index is 0.0940. The second-order valence-electron chi connectivity index (χ2n) is 14.1. The molecule has 1 N–H and O–H groups in total. The van der Waals surface area contributed by atoms with Crippen molar-refractivity contribution in [2.24, 2.45) is 45.8 Å². The first-order chi connectivity index (χ1) is 14.5. The highest BCUT2D eigenvalue weighted by atomic mass is 16.6. The van der Waals surface area contributed by atoms with Gasteiger partial charge in [0.15, 0.2) is 0 Å². The molecule has 2 nitrogen and oxygen atoms in total. The third-order valence-electron chi connectivity index (χ3n) is 11.2. The highest BCUT2D eigenvalue weighted by molar-refractivity contribution is 5.24. The minimum Gasteiger partial charge on any atom is -0.396 e. The Morgan fingerprint density at radius 1 is 1.06 bits per heavy atom. The number of hydrogen-bond acceptors (Lipinski definition) is 2. The summed E-state index contributed by atoms with van der Waals surface area (Å²) in [4.78, 5) is 0. The van der Waals surface area contributed by atoms with Crippen molar-refractivity contribution < 1.29 is 9.84 Å². The lowest BCUT2D eigenvalue weighted by atomic mass is 9.51. The van der Waals surface area contributed by atoms with Crippen LogP contribution in [0.15, 0.2) is 12.2 Å². The minimum absolute atomic E-state index is 0.0940. The maximum atomic E-state index is 10.5. The second kappa shape index (κ2) is 7.33. The first kappa shape index (κ1) is 22.5. The Labute approximate surface area is 191 Å². The molecule has 0 aromatic heterocycles. The lowest BCUT2D eigenvalue weighted by Crippen LogP contribution is -2.45. The number of allylic oxidation sites excluding steroid dienone is 1. The molecule has 5 fully saturated rings. The van der Waals surface area contributed by atoms with Gasteiger partial charge in [-0.25, -0.2) is 0 Å². The molecule has 5 aliphatic rings. The zero-order valence-corrected chi connectivity index (χ0v) is 21.0. The predicted molar refractivity (Wildman–Crippen MR) is 128 cm³/mol. The summed E-state index contributed by atoms with van der Waals surface area (Å²) in [6, 6.07) is 0. The third-order valence-corrected chi connectivity index (χ3v) is 11.2. The first-order valence-electron chi connectivity index (χ1n) is 13.5. The molecule has 4 aliphatic carbocycles. The number of rotatable bonds is 4. The van der Waals surface area contributed by atoms with E-state index in [1.54, 1.807) is 0 Å². The predicted octanol–water partition coefficient (Wildman–Crippen LogP) is 7.16. The van der Waals surface area contributed by atoms with Crippen molar-refractivity contribution in [3.05, 3.63) is 12.2 Å². The standard InChI is InChI=1S/C29H48O2/c1-19(2)7-8-21-9-12-28(24(21)17-30)13-14-29(18-28)15-20(3)22-16-26(4,5)23(22)10-11-27(6)25(29)31-27/h19,21-25,30H,3,7-18H2,1-2,4-6H3. The van der Waals surface area contributed by atoms with Crippen LogP contribution in [-0.4, -0.2) is 23.4 Å². The van der Waals surface area contributed by atoms with Gasteiger partial charge < -0.3 is 9.84 Å². The van der Waals surface area contributed by atoms with Gasteiger partial charge in [-0.1, -0.05) is 46.3 Å². The molecule has 31 heavy (non-hydrogen) atoms. The average molecular weight is 429 g/mol. The Balaban J connectivity index is 1.38. The molecule has 1 saturated heterocycles. The molecule has 0 bridgehead atoms. The molecule has 1 aliphatic heterocycles. The van der Waals surface area contributed by atoms with Crippen molar-refractivity contribution in [2.75, 3.05) is 6.61 Å². The average Bonchev–Trinajstić information content (AvgIpc) is 3.06. The normalized spacial score (nSPS) is 50.7. The monoisotopic (exact) mass is 428 g/mol. The molecule has 0 radical (unpaired) electrons. The van der Waals surface area contributed by atoms with Crippen molar-refractivity contribution in [3.8, 4) is 0 Å². The van der Waals surface area contributed by atoms with E-state index in [1.165, 1.54) is 76.2 Å². The number of aliphatic hydroxyl groups excluding tert-OH is 1. The molecule has 4 saturated carbocycles. The molecule has 2 heteroatoms. The van der Waals surface area contributed by atoms with E-state index in [9.17, 15) is 5.11 Å². The van der Waals surface area contributed by atoms with Crippen molar-refractivity contribution in [1.29, 1.82) is 0 Å². The smallest absolute Gasteiger partial charge is 0.0930 e. The van der Waals surface area contributed by atoms with Crippen LogP contribution in [0, 0.1) is 45.8 Å². The van der Waals surface area contributed by atoms with Crippen LogP contribution in [0.25, 0.3) is 0 Å². The van der Waals surface area contributed by atoms with Crippen LogP contribution in [0.4, 0.5) is 0 Å². The van der Waals surface area contributed by atoms with E-state index < -0.39 is 0 Å². The van der Waals surface area contributed by atoms with Crippen LogP contribution in [0.2, 0.25) is 0 Å². The van der Waals surface area contributed by atoms with Gasteiger partial charge in [-0.15, -0.1) is 0 Å². The number of epoxide rings is 1. The van der Waals surface area contributed by atoms with Crippen LogP contribution in [0.1, 0.15) is 105 Å². The zero-order chi connectivity index (χ0) is 22.2. The SMILES string of the molecule is C=C1CC2(CCC3(CCC(CCC(C)C)C3CO)C2)C2OC2(C)CCC2C1CC2(C)C. The quantitative estimate of drug-likeness (QED) is 0.381. The number of aliphatic hydroxyl groups is 1. The maximum Gasteiger partial charge on any atom is 0.0930 e. The van der Waals surface area contributed by atoms with Crippen LogP contribution < -0.4 is 0 Å². The molecular formula is C29H48O2. The van der Waals surface area contributed by atoms with Gasteiger partial charge in [0.25, 0.3) is 0 Å². The fraction of sp³-hybridized carbons (Fsp3) is 0.931. The largest absolute Gasteiger partial charge is 0.396 e. The fourth-order valence-corrected chi connectivity index (χ4v) is 9.46. The lowest BCUT2D eigenvalue weighted by Gasteiger charge is -2.53. The molecule has 0 aromatic rings. The van der Waals surface area contributed by atoms with Gasteiger partial charge in [0.05, 0.1) is 11.7 Å². The van der Waals surface area contributed by atoms with Crippen LogP contribution in [0.5, 0.6) is 0 Å². The Bertz CT molecular complexity index is 724. The van der Waals surface area contributed by atoms with Crippen LogP contribution >= 0.6 is 0 Å². The summed E-state index contributed by atoms with van der Waals surface area (Å²) in [5, 5.41) is 10.5. The van der Waals surface area contributed by atoms with Crippen molar-refractivity contribution in [1.82, 2.24) is 0 Å². The lowest BCUT2D eigenvalue weighted by molar-refractivity contribution is -0.00599. The van der Waals surface area contributed by atoms with Crippen LogP contribution in [0.3, 0.4) is 0 Å². The van der Waals surface area contributed by atoms with Gasteiger partial charge in [-0.2, -0.15) is 0 Å². The summed E-state index contributed by atoms with van der Waals surface area (Å²) in [6.45, 7) is 17.1. The molecule has 2 spiro atoms. The zero-order valence-electron chi connectivity index (χ0n) is 21.0. The Morgan fingerprint density at radius 2 is 1.81 bits per heavy atom. The molecule has 176 valence electrons. The topological polar surface area (TPSA) is 32.8 Å². The van der Waals surface area contributed by atoms with E-state index in [2.05, 4.69) is 34.6 Å². The Morgan fingerprint density at radius 3 is 2.48 bits per heavy atom. The molecule has 1 heterocycles. The summed E-state index contributed by atoms with van der Waals surface area (Å²) in [5.41, 5.74) is 2.74. The molecule has 8 atom stereocenters. The highest BCUT2D eigenvalue weighted by Gasteiger charge is 2.69. The summed E-state index contributed by atoms with van der Waals surface area (Å²) >= 11 is 0. The van der Waals surface area contributed by atoms with E-state index in [0.717, 1.165) is 23.7 Å². The summed E-state index contributed by atoms with van der Waals surface area (Å²) < 4.78 is 6.62. The van der Waals surface area contributed by atoms with Gasteiger partial charge in [0, 0.05) is 12.0 Å². The second-order valence-corrected chi connectivity index (χ2v) is 14.1. The van der Waals surface area contributed by atoms with Gasteiger partial charge in [-0.05, 0) is 112 Å². The number of ether oxygens (including phenoxy) is 1. The summed E-state index contributed by atoms with van der Waals surface area (Å²) in [6.07, 6.45) is 14.6. The molecule has 0 amide bonds. The van der Waals surface area contributed by atoms with Gasteiger partial charge >= 0.3 is 0 Å². The van der Waals surface area contributed by atoms with E-state index in [4.69, 9.17) is 11.3 Å². The van der Waals surface area contributed by atoms with Gasteiger partial charge in [-0.3, -0.25) is 0 Å². The van der Waals surface area contributed by atoms with E-state index >= 15 is 0 Å². The number of fused-ring (bicyclic) bond motifs is 3. The summed E-state index contributed by atoms with van der Waals surface area (Å²) in [7, 11) is 0. The third kappa shape index (κ3) is 3.49.